The normalized spacial score (nSPS) is 18.6. The van der Waals surface area contributed by atoms with Crippen molar-refractivity contribution in [3.05, 3.63) is 35.9 Å². The highest BCUT2D eigenvalue weighted by Gasteiger charge is 2.25. The van der Waals surface area contributed by atoms with Crippen LogP contribution in [0.5, 0.6) is 0 Å². The number of nitrogens with zero attached hydrogens (tertiary/aromatic N) is 2. The van der Waals surface area contributed by atoms with E-state index in [0.717, 1.165) is 30.4 Å². The van der Waals surface area contributed by atoms with Gasteiger partial charge in [-0.1, -0.05) is 18.2 Å². The van der Waals surface area contributed by atoms with E-state index in [1.54, 1.807) is 0 Å². The number of nitrogens with two attached hydrogens (primary N) is 2. The lowest BCUT2D eigenvalue weighted by molar-refractivity contribution is 0.100. The molecular weight excluding hydrogens is 252 g/mol. The molecule has 1 fully saturated rings. The Kier molecular flexibility index (Phi) is 3.28. The van der Waals surface area contributed by atoms with Crippen LogP contribution < -0.4 is 16.4 Å². The van der Waals surface area contributed by atoms with Crippen molar-refractivity contribution in [1.82, 2.24) is 4.98 Å². The summed E-state index contributed by atoms with van der Waals surface area (Å²) in [5.74, 6) is 0.714. The molecule has 0 aliphatic carbocycles. The van der Waals surface area contributed by atoms with Crippen LogP contribution in [0, 0.1) is 5.92 Å². The van der Waals surface area contributed by atoms with Gasteiger partial charge in [0.25, 0.3) is 5.91 Å². The van der Waals surface area contributed by atoms with Crippen molar-refractivity contribution in [2.45, 2.75) is 6.42 Å². The zero-order valence-corrected chi connectivity index (χ0v) is 11.2. The second-order valence-corrected chi connectivity index (χ2v) is 5.25. The Balaban J connectivity index is 2.08. The van der Waals surface area contributed by atoms with E-state index in [1.165, 1.54) is 0 Å². The Morgan fingerprint density at radius 3 is 2.90 bits per heavy atom. The summed E-state index contributed by atoms with van der Waals surface area (Å²) in [5.41, 5.74) is 12.6. The predicted octanol–water partition coefficient (Wildman–Crippen LogP) is 1.12. The van der Waals surface area contributed by atoms with Crippen LogP contribution in [-0.2, 0) is 0 Å². The Morgan fingerprint density at radius 2 is 2.20 bits per heavy atom. The molecule has 0 radical (unpaired) electrons. The van der Waals surface area contributed by atoms with Crippen molar-refractivity contribution in [3.8, 4) is 0 Å². The third kappa shape index (κ3) is 2.20. The highest BCUT2D eigenvalue weighted by atomic mass is 16.1. The largest absolute Gasteiger partial charge is 0.365 e. The van der Waals surface area contributed by atoms with E-state index in [-0.39, 0.29) is 0 Å². The van der Waals surface area contributed by atoms with Gasteiger partial charge < -0.3 is 16.4 Å². The molecule has 1 unspecified atom stereocenters. The van der Waals surface area contributed by atoms with Gasteiger partial charge in [0.1, 0.15) is 5.82 Å². The van der Waals surface area contributed by atoms with Crippen LogP contribution in [0.1, 0.15) is 16.8 Å². The topological polar surface area (TPSA) is 85.2 Å². The number of rotatable bonds is 3. The summed E-state index contributed by atoms with van der Waals surface area (Å²) in [5, 5.41) is 0.930. The first-order chi connectivity index (χ1) is 9.69. The Morgan fingerprint density at radius 1 is 1.40 bits per heavy atom. The standard InChI is InChI=1S/C15H18N4O/c16-8-10-5-6-19(9-10)15-12(14(17)20)7-11-3-1-2-4-13(11)18-15/h1-4,7,10H,5-6,8-9,16H2,(H2,17,20). The van der Waals surface area contributed by atoms with Crippen LogP contribution in [0.4, 0.5) is 5.82 Å². The van der Waals surface area contributed by atoms with Crippen LogP contribution in [0.3, 0.4) is 0 Å². The Bertz CT molecular complexity index is 655. The molecule has 2 aromatic rings. The first kappa shape index (κ1) is 12.9. The SMILES string of the molecule is NCC1CCN(c2nc3ccccc3cc2C(N)=O)C1. The van der Waals surface area contributed by atoms with Gasteiger partial charge in [0.05, 0.1) is 11.1 Å². The number of fused-ring (bicyclic) bond motifs is 1. The van der Waals surface area contributed by atoms with Gasteiger partial charge >= 0.3 is 0 Å². The maximum Gasteiger partial charge on any atom is 0.252 e. The molecule has 1 saturated heterocycles. The lowest BCUT2D eigenvalue weighted by Gasteiger charge is -2.20. The predicted molar refractivity (Wildman–Crippen MR) is 79.6 cm³/mol. The van der Waals surface area contributed by atoms with Crippen LogP contribution in [0.2, 0.25) is 0 Å². The number of hydrogen-bond donors (Lipinski definition) is 2. The smallest absolute Gasteiger partial charge is 0.252 e. The summed E-state index contributed by atoms with van der Waals surface area (Å²) in [6.07, 6.45) is 1.03. The fourth-order valence-corrected chi connectivity index (χ4v) is 2.75. The summed E-state index contributed by atoms with van der Waals surface area (Å²) in [7, 11) is 0. The molecule has 1 aromatic carbocycles. The van der Waals surface area contributed by atoms with E-state index in [0.29, 0.717) is 23.8 Å². The zero-order chi connectivity index (χ0) is 14.1. The Labute approximate surface area is 117 Å². The van der Waals surface area contributed by atoms with Gasteiger partial charge in [-0.3, -0.25) is 4.79 Å². The van der Waals surface area contributed by atoms with Crippen LogP contribution in [-0.4, -0.2) is 30.5 Å². The lowest BCUT2D eigenvalue weighted by Crippen LogP contribution is -2.26. The second-order valence-electron chi connectivity index (χ2n) is 5.25. The van der Waals surface area contributed by atoms with Crippen molar-refractivity contribution >= 4 is 22.6 Å². The third-order valence-electron chi connectivity index (χ3n) is 3.89. The zero-order valence-electron chi connectivity index (χ0n) is 11.2. The molecule has 0 spiro atoms. The number of benzene rings is 1. The van der Waals surface area contributed by atoms with Crippen LogP contribution >= 0.6 is 0 Å². The number of anilines is 1. The van der Waals surface area contributed by atoms with Crippen molar-refractivity contribution in [1.29, 1.82) is 0 Å². The maximum absolute atomic E-state index is 11.7. The van der Waals surface area contributed by atoms with Crippen LogP contribution in [0.25, 0.3) is 10.9 Å². The van der Waals surface area contributed by atoms with E-state index in [2.05, 4.69) is 9.88 Å². The maximum atomic E-state index is 11.7. The molecule has 0 saturated carbocycles. The van der Waals surface area contributed by atoms with Gasteiger partial charge in [-0.15, -0.1) is 0 Å². The molecule has 1 atom stereocenters. The van der Waals surface area contributed by atoms with Gasteiger partial charge in [-0.25, -0.2) is 4.98 Å². The summed E-state index contributed by atoms with van der Waals surface area (Å²) < 4.78 is 0. The van der Waals surface area contributed by atoms with E-state index in [9.17, 15) is 4.79 Å². The molecule has 0 bridgehead atoms. The number of carbonyl (C=O) groups excluding carboxylic acids is 1. The fourth-order valence-electron chi connectivity index (χ4n) is 2.75. The summed E-state index contributed by atoms with van der Waals surface area (Å²) in [4.78, 5) is 18.5. The molecule has 5 heteroatoms. The van der Waals surface area contributed by atoms with E-state index in [4.69, 9.17) is 11.5 Å². The van der Waals surface area contributed by atoms with E-state index < -0.39 is 5.91 Å². The minimum absolute atomic E-state index is 0.436. The average molecular weight is 270 g/mol. The number of amides is 1. The molecule has 4 N–H and O–H groups in total. The first-order valence-electron chi connectivity index (χ1n) is 6.83. The molecular formula is C15H18N4O. The molecule has 5 nitrogen and oxygen atoms in total. The minimum atomic E-state index is -0.436. The second kappa shape index (κ2) is 5.09. The molecule has 2 heterocycles. The average Bonchev–Trinajstić information content (AvgIpc) is 2.94. The minimum Gasteiger partial charge on any atom is -0.365 e. The van der Waals surface area contributed by atoms with Gasteiger partial charge in [-0.05, 0) is 31.0 Å². The number of hydrogen-bond acceptors (Lipinski definition) is 4. The molecule has 3 rings (SSSR count). The molecule has 1 aromatic heterocycles. The molecule has 1 aliphatic rings. The quantitative estimate of drug-likeness (QED) is 0.875. The molecule has 1 aliphatic heterocycles. The number of aromatic nitrogens is 1. The number of para-hydroxylation sites is 1. The highest BCUT2D eigenvalue weighted by Crippen LogP contribution is 2.27. The summed E-state index contributed by atoms with van der Waals surface area (Å²) in [6.45, 7) is 2.37. The highest BCUT2D eigenvalue weighted by molar-refractivity contribution is 6.01. The van der Waals surface area contributed by atoms with Crippen molar-refractivity contribution in [3.63, 3.8) is 0 Å². The summed E-state index contributed by atoms with van der Waals surface area (Å²) >= 11 is 0. The fraction of sp³-hybridized carbons (Fsp3) is 0.333. The molecule has 20 heavy (non-hydrogen) atoms. The van der Waals surface area contributed by atoms with Crippen LogP contribution in [0.15, 0.2) is 30.3 Å². The van der Waals surface area contributed by atoms with Gasteiger partial charge in [-0.2, -0.15) is 0 Å². The monoisotopic (exact) mass is 270 g/mol. The van der Waals surface area contributed by atoms with Crippen molar-refractivity contribution < 1.29 is 4.79 Å². The first-order valence-corrected chi connectivity index (χ1v) is 6.83. The van der Waals surface area contributed by atoms with Gasteiger partial charge in [0, 0.05) is 18.5 Å². The number of pyridine rings is 1. The lowest BCUT2D eigenvalue weighted by atomic mass is 10.1. The van der Waals surface area contributed by atoms with E-state index >= 15 is 0 Å². The van der Waals surface area contributed by atoms with Crippen molar-refractivity contribution in [2.24, 2.45) is 17.4 Å². The summed E-state index contributed by atoms with van der Waals surface area (Å²) in [6, 6.07) is 9.57. The molecule has 104 valence electrons. The molecule has 1 amide bonds. The van der Waals surface area contributed by atoms with Gasteiger partial charge in [0.15, 0.2) is 0 Å². The van der Waals surface area contributed by atoms with Gasteiger partial charge in [0.2, 0.25) is 0 Å². The van der Waals surface area contributed by atoms with Crippen molar-refractivity contribution in [2.75, 3.05) is 24.5 Å². The number of primary amides is 1. The number of carbonyl (C=O) groups is 1. The van der Waals surface area contributed by atoms with E-state index in [1.807, 2.05) is 30.3 Å². The third-order valence-corrected chi connectivity index (χ3v) is 3.89. The Hall–Kier alpha value is -2.14.